The summed E-state index contributed by atoms with van der Waals surface area (Å²) in [5, 5.41) is 5.25. The molecule has 1 saturated heterocycles. The van der Waals surface area contributed by atoms with Crippen molar-refractivity contribution >= 4 is 32.7 Å². The van der Waals surface area contributed by atoms with E-state index in [9.17, 15) is 18.0 Å². The van der Waals surface area contributed by atoms with Crippen molar-refractivity contribution in [2.45, 2.75) is 39.7 Å². The van der Waals surface area contributed by atoms with Crippen LogP contribution in [0.4, 0.5) is 0 Å². The van der Waals surface area contributed by atoms with E-state index in [1.807, 2.05) is 11.6 Å². The molecule has 0 unspecified atom stereocenters. The molecule has 204 valence electrons. The van der Waals surface area contributed by atoms with Crippen molar-refractivity contribution in [1.29, 1.82) is 0 Å². The Morgan fingerprint density at radius 2 is 1.76 bits per heavy atom. The molecule has 38 heavy (non-hydrogen) atoms. The third kappa shape index (κ3) is 5.42. The normalized spacial score (nSPS) is 15.2. The molecule has 2 amide bonds. The van der Waals surface area contributed by atoms with Gasteiger partial charge in [-0.3, -0.25) is 14.3 Å². The number of aromatic nitrogens is 3. The van der Waals surface area contributed by atoms with Gasteiger partial charge >= 0.3 is 0 Å². The van der Waals surface area contributed by atoms with Gasteiger partial charge < -0.3 is 16.2 Å². The van der Waals surface area contributed by atoms with Crippen LogP contribution in [0.15, 0.2) is 24.3 Å². The minimum atomic E-state index is -3.31. The van der Waals surface area contributed by atoms with Crippen LogP contribution in [-0.2, 0) is 21.3 Å². The summed E-state index contributed by atoms with van der Waals surface area (Å²) < 4.78 is 33.6. The number of nitrogens with zero attached hydrogens (tertiary/aromatic N) is 4. The number of pyridine rings is 1. The van der Waals surface area contributed by atoms with Gasteiger partial charge in [0.15, 0.2) is 0 Å². The molecule has 0 radical (unpaired) electrons. The van der Waals surface area contributed by atoms with E-state index >= 15 is 0 Å². The van der Waals surface area contributed by atoms with Gasteiger partial charge in [-0.25, -0.2) is 17.7 Å². The van der Waals surface area contributed by atoms with Crippen LogP contribution in [0.2, 0.25) is 0 Å². The quantitative estimate of drug-likeness (QED) is 0.370. The monoisotopic (exact) mass is 542 g/mol. The van der Waals surface area contributed by atoms with Crippen LogP contribution in [0, 0.1) is 19.8 Å². The third-order valence-electron chi connectivity index (χ3n) is 7.15. The predicted octanol–water partition coefficient (Wildman–Crippen LogP) is 1.99. The molecule has 3 aromatic rings. The number of piperidine rings is 1. The number of hydrogen-bond donors (Lipinski definition) is 2. The number of para-hydroxylation sites is 1. The molecule has 4 N–H and O–H groups in total. The summed E-state index contributed by atoms with van der Waals surface area (Å²) in [4.78, 5) is 29.6. The van der Waals surface area contributed by atoms with Gasteiger partial charge in [0.2, 0.25) is 15.9 Å². The van der Waals surface area contributed by atoms with E-state index in [4.69, 9.17) is 21.3 Å². The summed E-state index contributed by atoms with van der Waals surface area (Å²) in [6.07, 6.45) is 1.87. The largest absolute Gasteiger partial charge is 0.385 e. The summed E-state index contributed by atoms with van der Waals surface area (Å²) in [5.41, 5.74) is 14.4. The van der Waals surface area contributed by atoms with Gasteiger partial charge in [0.25, 0.3) is 5.91 Å². The Labute approximate surface area is 222 Å². The molecule has 0 saturated carbocycles. The van der Waals surface area contributed by atoms with Gasteiger partial charge in [-0.15, -0.1) is 0 Å². The summed E-state index contributed by atoms with van der Waals surface area (Å²) in [7, 11) is -1.75. The van der Waals surface area contributed by atoms with Crippen LogP contribution < -0.4 is 11.5 Å². The first-order valence-corrected chi connectivity index (χ1v) is 14.2. The van der Waals surface area contributed by atoms with E-state index in [0.717, 1.165) is 5.69 Å². The number of primary amides is 2. The summed E-state index contributed by atoms with van der Waals surface area (Å²) in [5.74, 6) is -1.16. The minimum absolute atomic E-state index is 0.0322. The smallest absolute Gasteiger partial charge is 0.267 e. The highest BCUT2D eigenvalue weighted by atomic mass is 32.2. The number of rotatable bonds is 10. The maximum absolute atomic E-state index is 12.7. The number of ether oxygens (including phenoxy) is 1. The molecule has 0 bridgehead atoms. The number of amides is 2. The summed E-state index contributed by atoms with van der Waals surface area (Å²) >= 11 is 0. The lowest BCUT2D eigenvalue weighted by atomic mass is 9.92. The number of hydrogen-bond acceptors (Lipinski definition) is 7. The van der Waals surface area contributed by atoms with Gasteiger partial charge in [0, 0.05) is 55.6 Å². The Bertz CT molecular complexity index is 1480. The lowest BCUT2D eigenvalue weighted by molar-refractivity contribution is 0.0996. The zero-order valence-corrected chi connectivity index (χ0v) is 22.8. The molecule has 2 aromatic heterocycles. The number of sulfonamides is 1. The van der Waals surface area contributed by atoms with Gasteiger partial charge in [-0.2, -0.15) is 5.10 Å². The van der Waals surface area contributed by atoms with Crippen molar-refractivity contribution in [2.24, 2.45) is 17.4 Å². The van der Waals surface area contributed by atoms with Crippen molar-refractivity contribution in [1.82, 2.24) is 19.1 Å². The maximum Gasteiger partial charge on any atom is 0.267 e. The maximum atomic E-state index is 12.7. The van der Waals surface area contributed by atoms with Crippen LogP contribution >= 0.6 is 0 Å². The van der Waals surface area contributed by atoms with Crippen LogP contribution in [0.1, 0.15) is 51.5 Å². The Balaban J connectivity index is 1.64. The van der Waals surface area contributed by atoms with Crippen LogP contribution in [0.5, 0.6) is 0 Å². The second-order valence-electron chi connectivity index (χ2n) is 9.69. The van der Waals surface area contributed by atoms with E-state index < -0.39 is 21.8 Å². The zero-order valence-electron chi connectivity index (χ0n) is 21.9. The molecule has 0 spiro atoms. The number of nitrogens with two attached hydrogens (primary N) is 2. The lowest BCUT2D eigenvalue weighted by Crippen LogP contribution is -2.40. The molecule has 1 fully saturated rings. The fourth-order valence-electron chi connectivity index (χ4n) is 5.26. The molecule has 3 heterocycles. The molecular formula is C26H34N6O5S. The highest BCUT2D eigenvalue weighted by Gasteiger charge is 2.30. The number of benzene rings is 1. The first-order valence-electron chi connectivity index (χ1n) is 12.6. The van der Waals surface area contributed by atoms with Crippen LogP contribution in [0.25, 0.3) is 22.0 Å². The van der Waals surface area contributed by atoms with E-state index in [1.165, 1.54) is 0 Å². The molecule has 12 heteroatoms. The fourth-order valence-corrected chi connectivity index (χ4v) is 6.76. The second kappa shape index (κ2) is 11.2. The molecule has 4 rings (SSSR count). The summed E-state index contributed by atoms with van der Waals surface area (Å²) in [6.45, 7) is 5.58. The second-order valence-corrected chi connectivity index (χ2v) is 11.8. The topological polar surface area (TPSA) is 164 Å². The predicted molar refractivity (Wildman–Crippen MR) is 144 cm³/mol. The van der Waals surface area contributed by atoms with Crippen LogP contribution in [-0.4, -0.2) is 71.9 Å². The van der Waals surface area contributed by atoms with E-state index in [-0.39, 0.29) is 22.9 Å². The molecule has 11 nitrogen and oxygen atoms in total. The standard InChI is InChI=1S/C26H34N6O5S/c1-16-21(23-22(25(27)33)19-7-4-5-8-20(19)29-24(23)26(28)34)17(2)32(30-16)15-18-9-11-31(12-10-18)38(35,36)14-6-13-37-3/h4-5,7-8,18H,6,9-15H2,1-3H3,(H2,27,33)(H2,28,34). The van der Waals surface area contributed by atoms with Crippen molar-refractivity contribution < 1.29 is 22.7 Å². The third-order valence-corrected chi connectivity index (χ3v) is 9.11. The van der Waals surface area contributed by atoms with Crippen molar-refractivity contribution in [2.75, 3.05) is 32.6 Å². The van der Waals surface area contributed by atoms with Gasteiger partial charge in [-0.05, 0) is 45.1 Å². The molecule has 1 aliphatic heterocycles. The highest BCUT2D eigenvalue weighted by Crippen LogP contribution is 2.36. The van der Waals surface area contributed by atoms with Crippen LogP contribution in [0.3, 0.4) is 0 Å². The minimum Gasteiger partial charge on any atom is -0.385 e. The summed E-state index contributed by atoms with van der Waals surface area (Å²) in [6, 6.07) is 6.97. The number of fused-ring (bicyclic) bond motifs is 1. The van der Waals surface area contributed by atoms with Gasteiger partial charge in [0.05, 0.1) is 22.5 Å². The molecule has 1 aliphatic rings. The number of methoxy groups -OCH3 is 1. The van der Waals surface area contributed by atoms with E-state index in [1.54, 1.807) is 42.6 Å². The molecule has 1 aromatic carbocycles. The molecule has 0 atom stereocenters. The Morgan fingerprint density at radius 3 is 2.39 bits per heavy atom. The fraction of sp³-hybridized carbons (Fsp3) is 0.462. The average Bonchev–Trinajstić information content (AvgIpc) is 3.15. The first kappa shape index (κ1) is 27.7. The average molecular weight is 543 g/mol. The Hall–Kier alpha value is -3.35. The van der Waals surface area contributed by atoms with Crippen molar-refractivity contribution in [3.8, 4) is 11.1 Å². The Kier molecular flexibility index (Phi) is 8.14. The number of carbonyl (C=O) groups is 2. The van der Waals surface area contributed by atoms with Gasteiger partial charge in [-0.1, -0.05) is 18.2 Å². The SMILES string of the molecule is COCCCS(=O)(=O)N1CCC(Cn2nc(C)c(-c3c(C(N)=O)nc4ccccc4c3C(N)=O)c2C)CC1. The highest BCUT2D eigenvalue weighted by molar-refractivity contribution is 7.89. The number of aryl methyl sites for hydroxylation is 1. The van der Waals surface area contributed by atoms with E-state index in [0.29, 0.717) is 73.2 Å². The van der Waals surface area contributed by atoms with Crippen molar-refractivity contribution in [3.63, 3.8) is 0 Å². The van der Waals surface area contributed by atoms with E-state index in [2.05, 4.69) is 4.98 Å². The van der Waals surface area contributed by atoms with Crippen molar-refractivity contribution in [3.05, 3.63) is 46.9 Å². The lowest BCUT2D eigenvalue weighted by Gasteiger charge is -2.31. The molecule has 0 aliphatic carbocycles. The Morgan fingerprint density at radius 1 is 1.08 bits per heavy atom. The first-order chi connectivity index (χ1) is 18.0. The molecular weight excluding hydrogens is 508 g/mol. The zero-order chi connectivity index (χ0) is 27.6. The van der Waals surface area contributed by atoms with Gasteiger partial charge in [0.1, 0.15) is 5.69 Å². The number of carbonyl (C=O) groups excluding carboxylic acids is 2.